The van der Waals surface area contributed by atoms with Gasteiger partial charge in [0.15, 0.2) is 5.78 Å². The number of hydrogen-bond donors (Lipinski definition) is 1. The number of ether oxygens (including phenoxy) is 1. The van der Waals surface area contributed by atoms with Crippen LogP contribution in [0.4, 0.5) is 0 Å². The predicted octanol–water partition coefficient (Wildman–Crippen LogP) is 0.898. The largest absolute Gasteiger partial charge is 0.452 e. The molecule has 0 saturated carbocycles. The Balaban J connectivity index is 1.72. The Morgan fingerprint density at radius 1 is 1.18 bits per heavy atom. The van der Waals surface area contributed by atoms with Gasteiger partial charge in [0.1, 0.15) is 6.61 Å². The molecule has 0 radical (unpaired) electrons. The standard InChI is InChI=1S/C16H17NO5/c18-13(7-6-12-8-9-17-15(12)20)10-22-16(21)14(19)11-4-2-1-3-5-11/h1-5,12H,6-10H2,(H,17,20)/t12-/m0/s1. The highest BCUT2D eigenvalue weighted by Crippen LogP contribution is 2.15. The van der Waals surface area contributed by atoms with Gasteiger partial charge in [0.25, 0.3) is 5.78 Å². The van der Waals surface area contributed by atoms with Crippen LogP contribution in [0.25, 0.3) is 0 Å². The fourth-order valence-corrected chi connectivity index (χ4v) is 2.25. The van der Waals surface area contributed by atoms with Crippen LogP contribution in [0, 0.1) is 5.92 Å². The van der Waals surface area contributed by atoms with Gasteiger partial charge < -0.3 is 10.1 Å². The van der Waals surface area contributed by atoms with Crippen molar-refractivity contribution < 1.29 is 23.9 Å². The molecular formula is C16H17NO5. The van der Waals surface area contributed by atoms with Crippen LogP contribution in [0.2, 0.25) is 0 Å². The van der Waals surface area contributed by atoms with E-state index in [4.69, 9.17) is 4.74 Å². The second kappa shape index (κ2) is 7.49. The Bertz CT molecular complexity index is 581. The number of hydrogen-bond acceptors (Lipinski definition) is 5. The van der Waals surface area contributed by atoms with Crippen molar-refractivity contribution in [1.82, 2.24) is 5.32 Å². The summed E-state index contributed by atoms with van der Waals surface area (Å²) >= 11 is 0. The molecule has 116 valence electrons. The van der Waals surface area contributed by atoms with Crippen molar-refractivity contribution >= 4 is 23.4 Å². The molecule has 1 atom stereocenters. The molecule has 1 N–H and O–H groups in total. The molecule has 0 bridgehead atoms. The molecule has 0 aliphatic carbocycles. The van der Waals surface area contributed by atoms with E-state index in [-0.39, 0.29) is 29.6 Å². The van der Waals surface area contributed by atoms with Crippen molar-refractivity contribution in [2.45, 2.75) is 19.3 Å². The van der Waals surface area contributed by atoms with Crippen molar-refractivity contribution in [1.29, 1.82) is 0 Å². The second-order valence-corrected chi connectivity index (χ2v) is 5.13. The topological polar surface area (TPSA) is 89.5 Å². The summed E-state index contributed by atoms with van der Waals surface area (Å²) in [5.41, 5.74) is 0.225. The average molecular weight is 303 g/mol. The highest BCUT2D eigenvalue weighted by atomic mass is 16.5. The first-order valence-electron chi connectivity index (χ1n) is 7.14. The molecule has 1 fully saturated rings. The Morgan fingerprint density at radius 3 is 2.55 bits per heavy atom. The third kappa shape index (κ3) is 4.25. The molecule has 6 nitrogen and oxygen atoms in total. The highest BCUT2D eigenvalue weighted by Gasteiger charge is 2.25. The molecule has 1 aliphatic heterocycles. The van der Waals surface area contributed by atoms with Gasteiger partial charge >= 0.3 is 5.97 Å². The van der Waals surface area contributed by atoms with E-state index >= 15 is 0 Å². The van der Waals surface area contributed by atoms with E-state index in [9.17, 15) is 19.2 Å². The minimum absolute atomic E-state index is 0.0379. The van der Waals surface area contributed by atoms with E-state index in [0.29, 0.717) is 13.0 Å². The normalized spacial score (nSPS) is 16.9. The Labute approximate surface area is 127 Å². The van der Waals surface area contributed by atoms with Crippen LogP contribution < -0.4 is 5.32 Å². The number of ketones is 2. The quantitative estimate of drug-likeness (QED) is 0.459. The third-order valence-electron chi connectivity index (χ3n) is 3.52. The molecule has 0 unspecified atom stereocenters. The number of benzene rings is 1. The fraction of sp³-hybridized carbons (Fsp3) is 0.375. The minimum Gasteiger partial charge on any atom is -0.452 e. The van der Waals surface area contributed by atoms with Gasteiger partial charge in [-0.1, -0.05) is 30.3 Å². The molecule has 1 aromatic carbocycles. The van der Waals surface area contributed by atoms with E-state index < -0.39 is 18.4 Å². The van der Waals surface area contributed by atoms with Gasteiger partial charge in [0, 0.05) is 24.4 Å². The summed E-state index contributed by atoms with van der Waals surface area (Å²) in [6.45, 7) is 0.198. The lowest BCUT2D eigenvalue weighted by Gasteiger charge is -2.06. The maximum Gasteiger partial charge on any atom is 0.380 e. The highest BCUT2D eigenvalue weighted by molar-refractivity contribution is 6.40. The molecule has 1 heterocycles. The molecule has 0 aromatic heterocycles. The van der Waals surface area contributed by atoms with Gasteiger partial charge in [-0.25, -0.2) is 4.79 Å². The van der Waals surface area contributed by atoms with Gasteiger partial charge in [0.05, 0.1) is 0 Å². The first kappa shape index (κ1) is 15.9. The van der Waals surface area contributed by atoms with Crippen LogP contribution in [-0.4, -0.2) is 36.6 Å². The number of carbonyl (C=O) groups excluding carboxylic acids is 4. The summed E-state index contributed by atoms with van der Waals surface area (Å²) < 4.78 is 4.72. The number of esters is 1. The van der Waals surface area contributed by atoms with Crippen LogP contribution >= 0.6 is 0 Å². The molecule has 1 amide bonds. The summed E-state index contributed by atoms with van der Waals surface area (Å²) in [7, 11) is 0. The summed E-state index contributed by atoms with van der Waals surface area (Å²) in [5, 5.41) is 2.70. The Morgan fingerprint density at radius 2 is 1.91 bits per heavy atom. The lowest BCUT2D eigenvalue weighted by Crippen LogP contribution is -2.23. The van der Waals surface area contributed by atoms with Crippen LogP contribution in [0.3, 0.4) is 0 Å². The summed E-state index contributed by atoms with van der Waals surface area (Å²) in [5.74, 6) is -2.30. The number of amides is 1. The molecule has 22 heavy (non-hydrogen) atoms. The fourth-order valence-electron chi connectivity index (χ4n) is 2.25. The van der Waals surface area contributed by atoms with Gasteiger partial charge in [-0.15, -0.1) is 0 Å². The van der Waals surface area contributed by atoms with Crippen LogP contribution in [0.5, 0.6) is 0 Å². The zero-order chi connectivity index (χ0) is 15.9. The lowest BCUT2D eigenvalue weighted by atomic mass is 10.0. The first-order chi connectivity index (χ1) is 10.6. The second-order valence-electron chi connectivity index (χ2n) is 5.13. The van der Waals surface area contributed by atoms with Crippen molar-refractivity contribution in [2.75, 3.05) is 13.2 Å². The van der Waals surface area contributed by atoms with Crippen molar-refractivity contribution in [3.63, 3.8) is 0 Å². The number of Topliss-reactive ketones (excluding diaryl/α,β-unsaturated/α-hetero) is 2. The molecular weight excluding hydrogens is 286 g/mol. The van der Waals surface area contributed by atoms with Crippen molar-refractivity contribution in [3.05, 3.63) is 35.9 Å². The van der Waals surface area contributed by atoms with Gasteiger partial charge in [-0.05, 0) is 12.8 Å². The molecule has 2 rings (SSSR count). The van der Waals surface area contributed by atoms with Gasteiger partial charge in [-0.2, -0.15) is 0 Å². The smallest absolute Gasteiger partial charge is 0.380 e. The zero-order valence-corrected chi connectivity index (χ0v) is 12.0. The molecule has 1 saturated heterocycles. The summed E-state index contributed by atoms with van der Waals surface area (Å²) in [6.07, 6.45) is 1.32. The SMILES string of the molecule is O=C(CC[C@H]1CCNC1=O)COC(=O)C(=O)c1ccccc1. The van der Waals surface area contributed by atoms with Crippen LogP contribution in [-0.2, 0) is 19.1 Å². The zero-order valence-electron chi connectivity index (χ0n) is 12.0. The van der Waals surface area contributed by atoms with Gasteiger partial charge in [-0.3, -0.25) is 14.4 Å². The molecule has 0 spiro atoms. The van der Waals surface area contributed by atoms with E-state index in [1.807, 2.05) is 0 Å². The van der Waals surface area contributed by atoms with Crippen molar-refractivity contribution in [3.8, 4) is 0 Å². The number of rotatable bonds is 7. The Hall–Kier alpha value is -2.50. The summed E-state index contributed by atoms with van der Waals surface area (Å²) in [6, 6.07) is 8.01. The van der Waals surface area contributed by atoms with Crippen molar-refractivity contribution in [2.24, 2.45) is 5.92 Å². The molecule has 1 aromatic rings. The summed E-state index contributed by atoms with van der Waals surface area (Å²) in [4.78, 5) is 46.3. The Kier molecular flexibility index (Phi) is 5.41. The maximum atomic E-state index is 11.7. The first-order valence-corrected chi connectivity index (χ1v) is 7.14. The molecule has 6 heteroatoms. The number of nitrogens with one attached hydrogen (secondary N) is 1. The van der Waals surface area contributed by atoms with Crippen LogP contribution in [0.15, 0.2) is 30.3 Å². The monoisotopic (exact) mass is 303 g/mol. The third-order valence-corrected chi connectivity index (χ3v) is 3.52. The van der Waals surface area contributed by atoms with E-state index in [1.54, 1.807) is 18.2 Å². The van der Waals surface area contributed by atoms with E-state index in [1.165, 1.54) is 12.1 Å². The lowest BCUT2D eigenvalue weighted by molar-refractivity contribution is -0.143. The van der Waals surface area contributed by atoms with E-state index in [0.717, 1.165) is 6.42 Å². The maximum absolute atomic E-state index is 11.7. The molecule has 1 aliphatic rings. The van der Waals surface area contributed by atoms with E-state index in [2.05, 4.69) is 5.32 Å². The average Bonchev–Trinajstić information content (AvgIpc) is 2.95. The predicted molar refractivity (Wildman–Crippen MR) is 77.1 cm³/mol. The minimum atomic E-state index is -1.04. The van der Waals surface area contributed by atoms with Gasteiger partial charge in [0.2, 0.25) is 5.91 Å². The van der Waals surface area contributed by atoms with Crippen LogP contribution in [0.1, 0.15) is 29.6 Å². The number of carbonyl (C=O) groups is 4.